The predicted octanol–water partition coefficient (Wildman–Crippen LogP) is 2.90. The first-order chi connectivity index (χ1) is 8.65. The Morgan fingerprint density at radius 1 is 1.44 bits per heavy atom. The fourth-order valence-corrected chi connectivity index (χ4v) is 2.15. The number of thiocarbonyl (C=S) groups is 1. The van der Waals surface area contributed by atoms with E-state index in [1.54, 1.807) is 7.11 Å². The highest BCUT2D eigenvalue weighted by Crippen LogP contribution is 2.21. The van der Waals surface area contributed by atoms with E-state index in [0.717, 1.165) is 30.2 Å². The van der Waals surface area contributed by atoms with Crippen LogP contribution >= 0.6 is 23.8 Å². The second-order valence-electron chi connectivity index (χ2n) is 3.99. The van der Waals surface area contributed by atoms with Crippen LogP contribution in [0.15, 0.2) is 24.3 Å². The van der Waals surface area contributed by atoms with Gasteiger partial charge in [0.25, 0.3) is 0 Å². The van der Waals surface area contributed by atoms with Gasteiger partial charge >= 0.3 is 0 Å². The second kappa shape index (κ2) is 8.29. The van der Waals surface area contributed by atoms with Crippen LogP contribution in [0.3, 0.4) is 0 Å². The Balaban J connectivity index is 2.38. The maximum absolute atomic E-state index is 6.13. The van der Waals surface area contributed by atoms with Gasteiger partial charge in [-0.2, -0.15) is 0 Å². The van der Waals surface area contributed by atoms with Crippen molar-refractivity contribution in [1.82, 2.24) is 10.6 Å². The number of rotatable bonds is 6. The molecule has 0 spiro atoms. The lowest BCUT2D eigenvalue weighted by atomic mass is 10.1. The topological polar surface area (TPSA) is 33.3 Å². The summed E-state index contributed by atoms with van der Waals surface area (Å²) < 4.78 is 4.97. The standard InChI is InChI=1S/C13H19ClN2OS/c1-10(11-6-3-4-7-12(11)14)16-13(18)15-8-5-9-17-2/h3-4,6-7,10H,5,8-9H2,1-2H3,(H2,15,16,18). The fraction of sp³-hybridized carbons (Fsp3) is 0.462. The number of methoxy groups -OCH3 is 1. The zero-order valence-corrected chi connectivity index (χ0v) is 12.3. The van der Waals surface area contributed by atoms with Gasteiger partial charge in [0.15, 0.2) is 5.11 Å². The Morgan fingerprint density at radius 2 is 2.17 bits per heavy atom. The minimum absolute atomic E-state index is 0.0844. The van der Waals surface area contributed by atoms with E-state index in [-0.39, 0.29) is 6.04 Å². The van der Waals surface area contributed by atoms with Crippen molar-refractivity contribution in [3.8, 4) is 0 Å². The molecule has 0 saturated carbocycles. The molecular formula is C13H19ClN2OS. The van der Waals surface area contributed by atoms with Gasteiger partial charge in [-0.3, -0.25) is 0 Å². The third kappa shape index (κ3) is 5.21. The number of halogens is 1. The lowest BCUT2D eigenvalue weighted by molar-refractivity contribution is 0.195. The molecule has 1 unspecified atom stereocenters. The normalized spacial score (nSPS) is 11.9. The van der Waals surface area contributed by atoms with Gasteiger partial charge in [-0.15, -0.1) is 0 Å². The van der Waals surface area contributed by atoms with Crippen LogP contribution in [0, 0.1) is 0 Å². The summed E-state index contributed by atoms with van der Waals surface area (Å²) in [6.07, 6.45) is 0.929. The van der Waals surface area contributed by atoms with Crippen LogP contribution in [0.4, 0.5) is 0 Å². The number of nitrogens with one attached hydrogen (secondary N) is 2. The van der Waals surface area contributed by atoms with Crippen molar-refractivity contribution in [3.63, 3.8) is 0 Å². The summed E-state index contributed by atoms with van der Waals surface area (Å²) >= 11 is 11.3. The summed E-state index contributed by atoms with van der Waals surface area (Å²) in [5, 5.41) is 7.73. The van der Waals surface area contributed by atoms with Crippen molar-refractivity contribution in [2.24, 2.45) is 0 Å². The van der Waals surface area contributed by atoms with E-state index in [9.17, 15) is 0 Å². The molecule has 0 radical (unpaired) electrons. The van der Waals surface area contributed by atoms with Crippen molar-refractivity contribution >= 4 is 28.9 Å². The van der Waals surface area contributed by atoms with E-state index in [1.165, 1.54) is 0 Å². The summed E-state index contributed by atoms with van der Waals surface area (Å²) in [5.41, 5.74) is 1.04. The van der Waals surface area contributed by atoms with Crippen molar-refractivity contribution in [2.45, 2.75) is 19.4 Å². The van der Waals surface area contributed by atoms with Gasteiger partial charge < -0.3 is 15.4 Å². The molecule has 2 N–H and O–H groups in total. The summed E-state index contributed by atoms with van der Waals surface area (Å²) in [6.45, 7) is 3.56. The first-order valence-corrected chi connectivity index (χ1v) is 6.71. The molecule has 18 heavy (non-hydrogen) atoms. The smallest absolute Gasteiger partial charge is 0.166 e. The molecule has 0 aromatic heterocycles. The van der Waals surface area contributed by atoms with Crippen molar-refractivity contribution < 1.29 is 4.74 Å². The highest BCUT2D eigenvalue weighted by Gasteiger charge is 2.09. The predicted molar refractivity (Wildman–Crippen MR) is 80.1 cm³/mol. The molecule has 0 saturated heterocycles. The Labute approximate surface area is 119 Å². The second-order valence-corrected chi connectivity index (χ2v) is 4.81. The van der Waals surface area contributed by atoms with Crippen LogP contribution in [0.2, 0.25) is 5.02 Å². The van der Waals surface area contributed by atoms with Gasteiger partial charge in [0, 0.05) is 25.3 Å². The molecule has 0 amide bonds. The van der Waals surface area contributed by atoms with E-state index >= 15 is 0 Å². The SMILES string of the molecule is COCCCNC(=S)NC(C)c1ccccc1Cl. The fourth-order valence-electron chi connectivity index (χ4n) is 1.57. The zero-order chi connectivity index (χ0) is 13.4. The molecule has 0 bridgehead atoms. The van der Waals surface area contributed by atoms with Gasteiger partial charge in [0.1, 0.15) is 0 Å². The highest BCUT2D eigenvalue weighted by atomic mass is 35.5. The molecule has 0 aliphatic heterocycles. The lowest BCUT2D eigenvalue weighted by Gasteiger charge is -2.18. The van der Waals surface area contributed by atoms with Gasteiger partial charge in [-0.1, -0.05) is 29.8 Å². The minimum Gasteiger partial charge on any atom is -0.385 e. The molecule has 1 aromatic carbocycles. The van der Waals surface area contributed by atoms with Crippen LogP contribution in [0.5, 0.6) is 0 Å². The summed E-state index contributed by atoms with van der Waals surface area (Å²) in [6, 6.07) is 7.84. The Morgan fingerprint density at radius 3 is 2.83 bits per heavy atom. The molecular weight excluding hydrogens is 268 g/mol. The summed E-state index contributed by atoms with van der Waals surface area (Å²) in [5.74, 6) is 0. The van der Waals surface area contributed by atoms with Crippen LogP contribution in [-0.4, -0.2) is 25.4 Å². The third-order valence-electron chi connectivity index (χ3n) is 2.53. The minimum atomic E-state index is 0.0844. The molecule has 0 aliphatic rings. The van der Waals surface area contributed by atoms with E-state index in [1.807, 2.05) is 31.2 Å². The Kier molecular flexibility index (Phi) is 7.01. The molecule has 1 aromatic rings. The Bertz CT molecular complexity index is 387. The van der Waals surface area contributed by atoms with E-state index in [0.29, 0.717) is 5.11 Å². The lowest BCUT2D eigenvalue weighted by Crippen LogP contribution is -2.37. The first kappa shape index (κ1) is 15.2. The molecule has 0 fully saturated rings. The largest absolute Gasteiger partial charge is 0.385 e. The van der Waals surface area contributed by atoms with Gasteiger partial charge in [-0.25, -0.2) is 0 Å². The van der Waals surface area contributed by atoms with Crippen LogP contribution in [-0.2, 0) is 4.74 Å². The van der Waals surface area contributed by atoms with Gasteiger partial charge in [0.05, 0.1) is 6.04 Å². The third-order valence-corrected chi connectivity index (χ3v) is 3.14. The number of hydrogen-bond acceptors (Lipinski definition) is 2. The van der Waals surface area contributed by atoms with Crippen molar-refractivity contribution in [1.29, 1.82) is 0 Å². The monoisotopic (exact) mass is 286 g/mol. The molecule has 0 aliphatic carbocycles. The van der Waals surface area contributed by atoms with Crippen LogP contribution in [0.1, 0.15) is 24.9 Å². The molecule has 0 heterocycles. The highest BCUT2D eigenvalue weighted by molar-refractivity contribution is 7.80. The first-order valence-electron chi connectivity index (χ1n) is 5.93. The summed E-state index contributed by atoms with van der Waals surface area (Å²) in [4.78, 5) is 0. The van der Waals surface area contributed by atoms with Crippen molar-refractivity contribution in [2.75, 3.05) is 20.3 Å². The molecule has 100 valence electrons. The van der Waals surface area contributed by atoms with Crippen LogP contribution in [0.25, 0.3) is 0 Å². The van der Waals surface area contributed by atoms with E-state index in [2.05, 4.69) is 10.6 Å². The maximum atomic E-state index is 6.13. The average Bonchev–Trinajstić information content (AvgIpc) is 2.35. The maximum Gasteiger partial charge on any atom is 0.166 e. The van der Waals surface area contributed by atoms with Crippen molar-refractivity contribution in [3.05, 3.63) is 34.9 Å². The molecule has 1 atom stereocenters. The number of ether oxygens (including phenoxy) is 1. The van der Waals surface area contributed by atoms with Crippen LogP contribution < -0.4 is 10.6 Å². The number of hydrogen-bond donors (Lipinski definition) is 2. The molecule has 3 nitrogen and oxygen atoms in total. The molecule has 1 rings (SSSR count). The quantitative estimate of drug-likeness (QED) is 0.622. The molecule has 5 heteroatoms. The van der Waals surface area contributed by atoms with Gasteiger partial charge in [0.2, 0.25) is 0 Å². The average molecular weight is 287 g/mol. The summed E-state index contributed by atoms with van der Waals surface area (Å²) in [7, 11) is 1.69. The van der Waals surface area contributed by atoms with E-state index < -0.39 is 0 Å². The Hall–Kier alpha value is -0.840. The van der Waals surface area contributed by atoms with E-state index in [4.69, 9.17) is 28.6 Å². The van der Waals surface area contributed by atoms with Gasteiger partial charge in [-0.05, 0) is 37.2 Å². The number of benzene rings is 1. The zero-order valence-electron chi connectivity index (χ0n) is 10.7.